The number of carbonyl (C=O) groups is 2. The third-order valence-corrected chi connectivity index (χ3v) is 7.21. The van der Waals surface area contributed by atoms with E-state index in [1.165, 1.54) is 27.6 Å². The van der Waals surface area contributed by atoms with Gasteiger partial charge in [-0.25, -0.2) is 4.98 Å². The van der Waals surface area contributed by atoms with Gasteiger partial charge >= 0.3 is 0 Å². The number of Topliss-reactive ketones (excluding diaryl/α,β-unsaturated/α-hetero) is 1. The zero-order valence-corrected chi connectivity index (χ0v) is 18.3. The minimum atomic E-state index is -0.726. The van der Waals surface area contributed by atoms with E-state index in [0.29, 0.717) is 21.3 Å². The highest BCUT2D eigenvalue weighted by molar-refractivity contribution is 7.14. The van der Waals surface area contributed by atoms with Crippen molar-refractivity contribution in [3.05, 3.63) is 78.1 Å². The summed E-state index contributed by atoms with van der Waals surface area (Å²) in [6, 6.07) is 8.23. The number of thiophene rings is 1. The number of amides is 1. The van der Waals surface area contributed by atoms with Crippen molar-refractivity contribution in [1.82, 2.24) is 4.98 Å². The second-order valence-corrected chi connectivity index (χ2v) is 9.36. The predicted octanol–water partition coefficient (Wildman–Crippen LogP) is 5.57. The van der Waals surface area contributed by atoms with Gasteiger partial charge in [-0.1, -0.05) is 23.7 Å². The van der Waals surface area contributed by atoms with Crippen LogP contribution in [-0.4, -0.2) is 21.8 Å². The van der Waals surface area contributed by atoms with Gasteiger partial charge < -0.3 is 5.11 Å². The minimum absolute atomic E-state index is 0.0703. The van der Waals surface area contributed by atoms with E-state index in [2.05, 4.69) is 4.98 Å². The van der Waals surface area contributed by atoms with Gasteiger partial charge in [0, 0.05) is 15.6 Å². The van der Waals surface area contributed by atoms with E-state index >= 15 is 0 Å². The molecule has 1 atom stereocenters. The van der Waals surface area contributed by atoms with Crippen LogP contribution < -0.4 is 4.90 Å². The number of ketones is 1. The van der Waals surface area contributed by atoms with Gasteiger partial charge in [0.25, 0.3) is 5.91 Å². The highest BCUT2D eigenvalue weighted by Gasteiger charge is 2.45. The first kappa shape index (κ1) is 19.8. The van der Waals surface area contributed by atoms with Crippen LogP contribution in [-0.2, 0) is 4.79 Å². The summed E-state index contributed by atoms with van der Waals surface area (Å²) >= 11 is 8.96. The second-order valence-electron chi connectivity index (χ2n) is 6.77. The molecule has 1 aromatic carbocycles. The summed E-state index contributed by atoms with van der Waals surface area (Å²) < 4.78 is 0. The number of benzene rings is 1. The highest BCUT2D eigenvalue weighted by atomic mass is 35.5. The van der Waals surface area contributed by atoms with Crippen LogP contribution in [0.4, 0.5) is 5.69 Å². The van der Waals surface area contributed by atoms with Crippen molar-refractivity contribution in [1.29, 1.82) is 0 Å². The maximum Gasteiger partial charge on any atom is 0.294 e. The van der Waals surface area contributed by atoms with Crippen LogP contribution in [0.15, 0.2) is 47.0 Å². The molecule has 29 heavy (non-hydrogen) atoms. The molecular formula is C21H17ClN2O3S2. The fourth-order valence-corrected chi connectivity index (χ4v) is 5.29. The van der Waals surface area contributed by atoms with Gasteiger partial charge in [-0.15, -0.1) is 22.7 Å². The number of rotatable bonds is 4. The van der Waals surface area contributed by atoms with Crippen LogP contribution in [0, 0.1) is 20.8 Å². The Morgan fingerprint density at radius 1 is 1.24 bits per heavy atom. The van der Waals surface area contributed by atoms with Crippen molar-refractivity contribution in [3.8, 4) is 0 Å². The zero-order valence-electron chi connectivity index (χ0n) is 15.9. The number of anilines is 1. The van der Waals surface area contributed by atoms with Crippen molar-refractivity contribution < 1.29 is 14.7 Å². The third kappa shape index (κ3) is 3.29. The average molecular weight is 445 g/mol. The van der Waals surface area contributed by atoms with E-state index in [9.17, 15) is 14.7 Å². The normalized spacial score (nSPS) is 16.8. The van der Waals surface area contributed by atoms with Gasteiger partial charge in [0.2, 0.25) is 5.78 Å². The summed E-state index contributed by atoms with van der Waals surface area (Å²) in [5.74, 6) is -1.53. The number of aromatic nitrogens is 1. The topological polar surface area (TPSA) is 70.5 Å². The number of carbonyl (C=O) groups excluding carboxylic acids is 2. The molecule has 0 aliphatic carbocycles. The van der Waals surface area contributed by atoms with Crippen molar-refractivity contribution in [2.24, 2.45) is 0 Å². The summed E-state index contributed by atoms with van der Waals surface area (Å²) in [7, 11) is 0. The number of hydrogen-bond donors (Lipinski definition) is 1. The standard InChI is InChI=1S/C21H17ClN2O3S2/c1-10-6-7-13(9-14(10)22)24-17(15-5-4-8-28-15)16(19(26)21(24)27)18(25)20-11(2)23-12(3)29-20/h4-9,17,26H,1-3H3. The number of nitrogens with zero attached hydrogens (tertiary/aromatic N) is 2. The fourth-order valence-electron chi connectivity index (χ4n) is 3.42. The summed E-state index contributed by atoms with van der Waals surface area (Å²) in [6.45, 7) is 5.44. The molecule has 1 aliphatic heterocycles. The molecule has 1 N–H and O–H groups in total. The number of hydrogen-bond acceptors (Lipinski definition) is 6. The maximum absolute atomic E-state index is 13.4. The quantitative estimate of drug-likeness (QED) is 0.534. The van der Waals surface area contributed by atoms with E-state index < -0.39 is 17.7 Å². The lowest BCUT2D eigenvalue weighted by Crippen LogP contribution is -2.30. The lowest BCUT2D eigenvalue weighted by atomic mass is 10.00. The summed E-state index contributed by atoms with van der Waals surface area (Å²) in [5.41, 5.74) is 2.06. The first-order valence-corrected chi connectivity index (χ1v) is 10.9. The van der Waals surface area contributed by atoms with Gasteiger partial charge in [-0.2, -0.15) is 0 Å². The van der Waals surface area contributed by atoms with Crippen LogP contribution >= 0.6 is 34.3 Å². The van der Waals surface area contributed by atoms with E-state index in [0.717, 1.165) is 15.4 Å². The largest absolute Gasteiger partial charge is 0.503 e. The molecule has 1 amide bonds. The molecule has 5 nitrogen and oxygen atoms in total. The Morgan fingerprint density at radius 3 is 2.59 bits per heavy atom. The lowest BCUT2D eigenvalue weighted by Gasteiger charge is -2.26. The number of aliphatic hydroxyl groups is 1. The molecule has 8 heteroatoms. The van der Waals surface area contributed by atoms with E-state index in [1.54, 1.807) is 19.1 Å². The number of halogens is 1. The van der Waals surface area contributed by atoms with Gasteiger partial charge in [0.05, 0.1) is 21.2 Å². The molecule has 0 radical (unpaired) electrons. The molecule has 2 aromatic heterocycles. The van der Waals surface area contributed by atoms with E-state index in [1.807, 2.05) is 37.4 Å². The third-order valence-electron chi connectivity index (χ3n) is 4.81. The molecular weight excluding hydrogens is 428 g/mol. The Labute approximate surface area is 180 Å². The molecule has 1 aliphatic rings. The van der Waals surface area contributed by atoms with Crippen molar-refractivity contribution in [2.75, 3.05) is 4.90 Å². The minimum Gasteiger partial charge on any atom is -0.503 e. The summed E-state index contributed by atoms with van der Waals surface area (Å²) in [5, 5.41) is 13.9. The SMILES string of the molecule is Cc1nc(C)c(C(=O)C2=C(O)C(=O)N(c3ccc(C)c(Cl)c3)C2c2cccs2)s1. The Balaban J connectivity index is 1.88. The van der Waals surface area contributed by atoms with Crippen molar-refractivity contribution >= 4 is 51.7 Å². The fraction of sp³-hybridized carbons (Fsp3) is 0.190. The van der Waals surface area contributed by atoms with Crippen LogP contribution in [0.3, 0.4) is 0 Å². The summed E-state index contributed by atoms with van der Waals surface area (Å²) in [6.07, 6.45) is 0. The van der Waals surface area contributed by atoms with Gasteiger partial charge in [-0.05, 0) is 49.9 Å². The maximum atomic E-state index is 13.4. The molecule has 148 valence electrons. The van der Waals surface area contributed by atoms with Crippen LogP contribution in [0.1, 0.15) is 36.9 Å². The average Bonchev–Trinajstić information content (AvgIpc) is 3.37. The Bertz CT molecular complexity index is 1160. The van der Waals surface area contributed by atoms with Gasteiger partial charge in [-0.3, -0.25) is 14.5 Å². The molecule has 0 fully saturated rings. The Morgan fingerprint density at radius 2 is 2.00 bits per heavy atom. The first-order valence-electron chi connectivity index (χ1n) is 8.84. The molecule has 3 heterocycles. The van der Waals surface area contributed by atoms with Gasteiger partial charge in [0.1, 0.15) is 6.04 Å². The summed E-state index contributed by atoms with van der Waals surface area (Å²) in [4.78, 5) is 33.4. The van der Waals surface area contributed by atoms with Crippen molar-refractivity contribution in [3.63, 3.8) is 0 Å². The molecule has 0 saturated carbocycles. The predicted molar refractivity (Wildman–Crippen MR) is 116 cm³/mol. The smallest absolute Gasteiger partial charge is 0.294 e. The van der Waals surface area contributed by atoms with Gasteiger partial charge in [0.15, 0.2) is 5.76 Å². The highest BCUT2D eigenvalue weighted by Crippen LogP contribution is 2.44. The molecule has 3 aromatic rings. The number of thiazole rings is 1. The molecule has 0 saturated heterocycles. The Hall–Kier alpha value is -2.48. The molecule has 0 spiro atoms. The van der Waals surface area contributed by atoms with Crippen LogP contribution in [0.25, 0.3) is 0 Å². The van der Waals surface area contributed by atoms with Crippen LogP contribution in [0.5, 0.6) is 0 Å². The molecule has 1 unspecified atom stereocenters. The van der Waals surface area contributed by atoms with E-state index in [4.69, 9.17) is 11.6 Å². The van der Waals surface area contributed by atoms with Crippen molar-refractivity contribution in [2.45, 2.75) is 26.8 Å². The van der Waals surface area contributed by atoms with Crippen LogP contribution in [0.2, 0.25) is 5.02 Å². The monoisotopic (exact) mass is 444 g/mol. The lowest BCUT2D eigenvalue weighted by molar-refractivity contribution is -0.117. The first-order chi connectivity index (χ1) is 13.8. The number of aliphatic hydroxyl groups excluding tert-OH is 1. The zero-order chi connectivity index (χ0) is 20.9. The number of aryl methyl sites for hydroxylation is 3. The Kier molecular flexibility index (Phi) is 5.06. The van der Waals surface area contributed by atoms with E-state index in [-0.39, 0.29) is 11.4 Å². The molecule has 0 bridgehead atoms. The molecule has 4 rings (SSSR count). The second kappa shape index (κ2) is 7.40.